The van der Waals surface area contributed by atoms with Crippen LogP contribution in [-0.2, 0) is 9.53 Å². The van der Waals surface area contributed by atoms with Crippen LogP contribution >= 0.6 is 0 Å². The van der Waals surface area contributed by atoms with Crippen LogP contribution in [0.25, 0.3) is 11.1 Å². The number of carboxylic acid groups (broad SMARTS) is 1. The molecule has 1 aliphatic rings. The maximum absolute atomic E-state index is 13.8. The van der Waals surface area contributed by atoms with Gasteiger partial charge in [-0.1, -0.05) is 61.9 Å². The van der Waals surface area contributed by atoms with E-state index in [1.165, 1.54) is 0 Å². The molecule has 0 heterocycles. The largest absolute Gasteiger partial charge is 0.478 e. The van der Waals surface area contributed by atoms with Gasteiger partial charge in [0.1, 0.15) is 18.5 Å². The van der Waals surface area contributed by atoms with Crippen molar-refractivity contribution in [2.24, 2.45) is 0 Å². The number of anilines is 1. The molecular formula is C27H25FN2O5. The summed E-state index contributed by atoms with van der Waals surface area (Å²) in [6, 6.07) is 18.0. The summed E-state index contributed by atoms with van der Waals surface area (Å²) in [6.45, 7) is 1.95. The number of fused-ring (bicyclic) bond motifs is 3. The fourth-order valence-corrected chi connectivity index (χ4v) is 4.35. The smallest absolute Gasteiger partial charge is 0.407 e. The van der Waals surface area contributed by atoms with E-state index in [4.69, 9.17) is 9.84 Å². The molecule has 35 heavy (non-hydrogen) atoms. The summed E-state index contributed by atoms with van der Waals surface area (Å²) >= 11 is 0. The quantitative estimate of drug-likeness (QED) is 0.416. The predicted molar refractivity (Wildman–Crippen MR) is 129 cm³/mol. The van der Waals surface area contributed by atoms with Gasteiger partial charge in [-0.15, -0.1) is 0 Å². The summed E-state index contributed by atoms with van der Waals surface area (Å²) in [7, 11) is 0. The molecule has 0 radical (unpaired) electrons. The number of nitrogens with one attached hydrogen (secondary N) is 2. The molecule has 0 saturated carbocycles. The van der Waals surface area contributed by atoms with Crippen molar-refractivity contribution < 1.29 is 28.6 Å². The maximum atomic E-state index is 13.8. The van der Waals surface area contributed by atoms with Crippen molar-refractivity contribution in [3.05, 3.63) is 89.2 Å². The first-order chi connectivity index (χ1) is 16.9. The molecule has 4 rings (SSSR count). The third-order valence-electron chi connectivity index (χ3n) is 5.94. The first-order valence-corrected chi connectivity index (χ1v) is 11.3. The summed E-state index contributed by atoms with van der Waals surface area (Å²) in [6.07, 6.45) is 0.161. The number of ether oxygens (including phenoxy) is 1. The number of carbonyl (C=O) groups excluding carboxylic acids is 2. The van der Waals surface area contributed by atoms with Crippen molar-refractivity contribution in [1.82, 2.24) is 5.32 Å². The SMILES string of the molecule is CCC[C@H](NC(=O)OCC1c2ccccc2-c2ccccc21)C(=O)Nc1cc(F)cc(C(=O)O)c1. The Labute approximate surface area is 201 Å². The van der Waals surface area contributed by atoms with Crippen LogP contribution < -0.4 is 10.6 Å². The first kappa shape index (κ1) is 23.9. The summed E-state index contributed by atoms with van der Waals surface area (Å²) in [4.78, 5) is 36.5. The van der Waals surface area contributed by atoms with Gasteiger partial charge in [-0.05, 0) is 46.9 Å². The number of benzene rings is 3. The zero-order valence-electron chi connectivity index (χ0n) is 19.1. The van der Waals surface area contributed by atoms with Crippen LogP contribution in [0.3, 0.4) is 0 Å². The fraction of sp³-hybridized carbons (Fsp3) is 0.222. The van der Waals surface area contributed by atoms with Crippen molar-refractivity contribution in [1.29, 1.82) is 0 Å². The highest BCUT2D eigenvalue weighted by Crippen LogP contribution is 2.44. The zero-order valence-corrected chi connectivity index (χ0v) is 19.1. The highest BCUT2D eigenvalue weighted by molar-refractivity contribution is 5.98. The molecule has 8 heteroatoms. The molecule has 0 unspecified atom stereocenters. The molecule has 7 nitrogen and oxygen atoms in total. The lowest BCUT2D eigenvalue weighted by Crippen LogP contribution is -2.44. The first-order valence-electron chi connectivity index (χ1n) is 11.3. The van der Waals surface area contributed by atoms with Crippen LogP contribution in [-0.4, -0.2) is 35.7 Å². The Morgan fingerprint density at radius 2 is 1.63 bits per heavy atom. The van der Waals surface area contributed by atoms with Gasteiger partial charge >= 0.3 is 12.1 Å². The molecule has 0 aromatic heterocycles. The third kappa shape index (κ3) is 5.32. The van der Waals surface area contributed by atoms with Crippen molar-refractivity contribution in [2.45, 2.75) is 31.7 Å². The molecule has 0 aliphatic heterocycles. The molecule has 3 aromatic rings. The number of halogens is 1. The van der Waals surface area contributed by atoms with Crippen molar-refractivity contribution >= 4 is 23.7 Å². The zero-order chi connectivity index (χ0) is 24.9. The van der Waals surface area contributed by atoms with E-state index in [9.17, 15) is 18.8 Å². The molecule has 3 N–H and O–H groups in total. The summed E-state index contributed by atoms with van der Waals surface area (Å²) in [5, 5.41) is 14.2. The van der Waals surface area contributed by atoms with Crippen LogP contribution in [0, 0.1) is 5.82 Å². The average Bonchev–Trinajstić information content (AvgIpc) is 3.16. The molecular weight excluding hydrogens is 451 g/mol. The number of carbonyl (C=O) groups is 3. The molecule has 0 saturated heterocycles. The standard InChI is InChI=1S/C27H25FN2O5/c1-2-7-24(25(31)29-18-13-16(26(32)33)12-17(28)14-18)30-27(34)35-15-23-21-10-5-3-8-19(21)20-9-4-6-11-22(20)23/h3-6,8-14,23-24H,2,7,15H2,1H3,(H,29,31)(H,30,34)(H,32,33)/t24-/m0/s1. The van der Waals surface area contributed by atoms with E-state index < -0.39 is 29.8 Å². The van der Waals surface area contributed by atoms with E-state index in [0.29, 0.717) is 12.8 Å². The Balaban J connectivity index is 1.42. The molecule has 0 fully saturated rings. The molecule has 180 valence electrons. The molecule has 0 bridgehead atoms. The van der Waals surface area contributed by atoms with E-state index in [-0.39, 0.29) is 23.8 Å². The number of amides is 2. The van der Waals surface area contributed by atoms with E-state index in [1.807, 2.05) is 55.5 Å². The highest BCUT2D eigenvalue weighted by atomic mass is 19.1. The second-order valence-corrected chi connectivity index (χ2v) is 8.33. The Bertz CT molecular complexity index is 1230. The van der Waals surface area contributed by atoms with Gasteiger partial charge in [0.2, 0.25) is 5.91 Å². The lowest BCUT2D eigenvalue weighted by atomic mass is 9.98. The van der Waals surface area contributed by atoms with Gasteiger partial charge < -0.3 is 20.5 Å². The highest BCUT2D eigenvalue weighted by Gasteiger charge is 2.29. The Hall–Kier alpha value is -4.20. The maximum Gasteiger partial charge on any atom is 0.407 e. The van der Waals surface area contributed by atoms with Gasteiger partial charge in [0, 0.05) is 11.6 Å². The minimum Gasteiger partial charge on any atom is -0.478 e. The molecule has 1 aliphatic carbocycles. The second-order valence-electron chi connectivity index (χ2n) is 8.33. The minimum atomic E-state index is -1.32. The monoisotopic (exact) mass is 476 g/mol. The van der Waals surface area contributed by atoms with Gasteiger partial charge in [0.25, 0.3) is 0 Å². The van der Waals surface area contributed by atoms with E-state index in [2.05, 4.69) is 10.6 Å². The average molecular weight is 477 g/mol. The molecule has 0 spiro atoms. The summed E-state index contributed by atoms with van der Waals surface area (Å²) in [5.74, 6) is -2.82. The number of rotatable bonds is 8. The topological polar surface area (TPSA) is 105 Å². The lowest BCUT2D eigenvalue weighted by Gasteiger charge is -2.19. The van der Waals surface area contributed by atoms with Gasteiger partial charge in [-0.3, -0.25) is 4.79 Å². The van der Waals surface area contributed by atoms with Crippen LogP contribution in [0.5, 0.6) is 0 Å². The lowest BCUT2D eigenvalue weighted by molar-refractivity contribution is -0.118. The predicted octanol–water partition coefficient (Wildman–Crippen LogP) is 5.17. The number of hydrogen-bond acceptors (Lipinski definition) is 4. The van der Waals surface area contributed by atoms with Crippen LogP contribution in [0.1, 0.15) is 47.2 Å². The molecule has 2 amide bonds. The number of alkyl carbamates (subject to hydrolysis) is 1. The van der Waals surface area contributed by atoms with Crippen molar-refractivity contribution in [2.75, 3.05) is 11.9 Å². The van der Waals surface area contributed by atoms with Crippen molar-refractivity contribution in [3.63, 3.8) is 0 Å². The second kappa shape index (κ2) is 10.4. The number of carboxylic acids is 1. The number of hydrogen-bond donors (Lipinski definition) is 3. The Morgan fingerprint density at radius 1 is 1.00 bits per heavy atom. The van der Waals surface area contributed by atoms with Crippen LogP contribution in [0.15, 0.2) is 66.7 Å². The normalized spacial score (nSPS) is 12.9. The Morgan fingerprint density at radius 3 is 2.23 bits per heavy atom. The summed E-state index contributed by atoms with van der Waals surface area (Å²) < 4.78 is 19.3. The summed E-state index contributed by atoms with van der Waals surface area (Å²) in [5.41, 5.74) is 4.06. The fourth-order valence-electron chi connectivity index (χ4n) is 4.35. The van der Waals surface area contributed by atoms with E-state index in [1.54, 1.807) is 0 Å². The number of aromatic carboxylic acids is 1. The van der Waals surface area contributed by atoms with Gasteiger partial charge in [0.05, 0.1) is 5.56 Å². The molecule has 1 atom stereocenters. The minimum absolute atomic E-state index is 0.0113. The van der Waals surface area contributed by atoms with Gasteiger partial charge in [-0.2, -0.15) is 0 Å². The van der Waals surface area contributed by atoms with Gasteiger partial charge in [0.15, 0.2) is 0 Å². The van der Waals surface area contributed by atoms with Crippen molar-refractivity contribution in [3.8, 4) is 11.1 Å². The molecule has 3 aromatic carbocycles. The Kier molecular flexibility index (Phi) is 7.10. The van der Waals surface area contributed by atoms with Gasteiger partial charge in [-0.25, -0.2) is 14.0 Å². The van der Waals surface area contributed by atoms with E-state index >= 15 is 0 Å². The van der Waals surface area contributed by atoms with E-state index in [0.717, 1.165) is 40.5 Å². The third-order valence-corrected chi connectivity index (χ3v) is 5.94. The van der Waals surface area contributed by atoms with Crippen LogP contribution in [0.2, 0.25) is 0 Å². The van der Waals surface area contributed by atoms with Crippen LogP contribution in [0.4, 0.5) is 14.9 Å².